The molecule has 0 aliphatic rings. The minimum absolute atomic E-state index is 0.922. The molecule has 0 saturated carbocycles. The highest BCUT2D eigenvalue weighted by Crippen LogP contribution is 2.12. The predicted molar refractivity (Wildman–Crippen MR) is 85.8 cm³/mol. The van der Waals surface area contributed by atoms with Crippen molar-refractivity contribution in [2.45, 2.75) is 0 Å². The van der Waals surface area contributed by atoms with Crippen molar-refractivity contribution in [1.29, 1.82) is 0 Å². The summed E-state index contributed by atoms with van der Waals surface area (Å²) in [5.74, 6) is 0.922. The highest BCUT2D eigenvalue weighted by atomic mass is 14.9. The van der Waals surface area contributed by atoms with Crippen LogP contribution in [0, 0.1) is 0 Å². The number of H-pyrrole nitrogens is 1. The number of fused-ring (bicyclic) bond motifs is 1. The summed E-state index contributed by atoms with van der Waals surface area (Å²) in [5, 5.41) is 1.20. The standard InChI is InChI=1S/C9H8N2.C9H7N/c1-2-4-8(5-3-1)9-10-6-7-11-9;1-2-6-9-8(4-1)5-3-7-10-9/h1-7H,(H,10,11);1-7H. The Bertz CT molecular complexity index is 727. The van der Waals surface area contributed by atoms with Crippen LogP contribution in [-0.4, -0.2) is 15.0 Å². The molecule has 2 heterocycles. The lowest BCUT2D eigenvalue weighted by molar-refractivity contribution is 1.31. The molecule has 0 amide bonds. The van der Waals surface area contributed by atoms with Crippen LogP contribution in [0.4, 0.5) is 0 Å². The monoisotopic (exact) mass is 273 g/mol. The zero-order valence-corrected chi connectivity index (χ0v) is 11.5. The number of imidazole rings is 1. The Kier molecular flexibility index (Phi) is 4.03. The van der Waals surface area contributed by atoms with E-state index >= 15 is 0 Å². The van der Waals surface area contributed by atoms with E-state index in [1.54, 1.807) is 6.20 Å². The maximum absolute atomic E-state index is 4.18. The molecule has 3 heteroatoms. The van der Waals surface area contributed by atoms with Crippen LogP contribution >= 0.6 is 0 Å². The second-order valence-corrected chi connectivity index (χ2v) is 4.50. The van der Waals surface area contributed by atoms with Gasteiger partial charge in [0.05, 0.1) is 5.52 Å². The van der Waals surface area contributed by atoms with Gasteiger partial charge in [0, 0.05) is 29.5 Å². The van der Waals surface area contributed by atoms with Crippen molar-refractivity contribution in [3.63, 3.8) is 0 Å². The van der Waals surface area contributed by atoms with Crippen molar-refractivity contribution < 1.29 is 0 Å². The van der Waals surface area contributed by atoms with Gasteiger partial charge in [0.15, 0.2) is 0 Å². The minimum atomic E-state index is 0.922. The van der Waals surface area contributed by atoms with E-state index in [1.807, 2.05) is 67.0 Å². The van der Waals surface area contributed by atoms with Gasteiger partial charge in [-0.2, -0.15) is 0 Å². The molecule has 0 aliphatic carbocycles. The third kappa shape index (κ3) is 3.34. The van der Waals surface area contributed by atoms with Crippen LogP contribution in [0.1, 0.15) is 0 Å². The second kappa shape index (κ2) is 6.48. The summed E-state index contributed by atoms with van der Waals surface area (Å²) in [4.78, 5) is 11.4. The Balaban J connectivity index is 0.000000126. The number of aromatic amines is 1. The number of hydrogen-bond acceptors (Lipinski definition) is 2. The van der Waals surface area contributed by atoms with Gasteiger partial charge in [-0.3, -0.25) is 4.98 Å². The van der Waals surface area contributed by atoms with Gasteiger partial charge < -0.3 is 4.98 Å². The van der Waals surface area contributed by atoms with Gasteiger partial charge in [-0.1, -0.05) is 54.6 Å². The van der Waals surface area contributed by atoms with Crippen molar-refractivity contribution in [2.75, 3.05) is 0 Å². The lowest BCUT2D eigenvalue weighted by Crippen LogP contribution is -1.77. The van der Waals surface area contributed by atoms with Gasteiger partial charge in [-0.15, -0.1) is 0 Å². The molecule has 21 heavy (non-hydrogen) atoms. The lowest BCUT2D eigenvalue weighted by atomic mass is 10.2. The van der Waals surface area contributed by atoms with E-state index in [2.05, 4.69) is 27.1 Å². The molecule has 0 radical (unpaired) electrons. The summed E-state index contributed by atoms with van der Waals surface area (Å²) >= 11 is 0. The van der Waals surface area contributed by atoms with Crippen molar-refractivity contribution in [2.24, 2.45) is 0 Å². The molecule has 0 atom stereocenters. The first kappa shape index (κ1) is 13.1. The van der Waals surface area contributed by atoms with Gasteiger partial charge in [-0.25, -0.2) is 4.98 Å². The van der Waals surface area contributed by atoms with Gasteiger partial charge in [0.1, 0.15) is 5.82 Å². The summed E-state index contributed by atoms with van der Waals surface area (Å²) in [6.45, 7) is 0. The van der Waals surface area contributed by atoms with E-state index in [4.69, 9.17) is 0 Å². The Morgan fingerprint density at radius 2 is 1.43 bits per heavy atom. The highest BCUT2D eigenvalue weighted by Gasteiger charge is 1.94. The summed E-state index contributed by atoms with van der Waals surface area (Å²) < 4.78 is 0. The molecule has 0 saturated heterocycles. The summed E-state index contributed by atoms with van der Waals surface area (Å²) in [6, 6.07) is 22.1. The number of nitrogens with one attached hydrogen (secondary N) is 1. The van der Waals surface area contributed by atoms with Crippen LogP contribution in [0.3, 0.4) is 0 Å². The fourth-order valence-electron chi connectivity index (χ4n) is 2.04. The molecule has 4 aromatic rings. The molecule has 1 N–H and O–H groups in total. The van der Waals surface area contributed by atoms with E-state index in [9.17, 15) is 0 Å². The van der Waals surface area contributed by atoms with Gasteiger partial charge >= 0.3 is 0 Å². The largest absolute Gasteiger partial charge is 0.345 e. The molecular weight excluding hydrogens is 258 g/mol. The SMILES string of the molecule is c1ccc(-c2ncc[nH]2)cc1.c1ccc2ncccc2c1. The molecule has 0 aliphatic heterocycles. The molecule has 3 nitrogen and oxygen atoms in total. The Morgan fingerprint density at radius 3 is 2.19 bits per heavy atom. The molecule has 2 aromatic carbocycles. The van der Waals surface area contributed by atoms with E-state index in [-0.39, 0.29) is 0 Å². The number of rotatable bonds is 1. The van der Waals surface area contributed by atoms with Crippen LogP contribution in [0.5, 0.6) is 0 Å². The van der Waals surface area contributed by atoms with Crippen molar-refractivity contribution >= 4 is 10.9 Å². The average molecular weight is 273 g/mol. The molecular formula is C18H15N3. The van der Waals surface area contributed by atoms with Crippen molar-refractivity contribution in [1.82, 2.24) is 15.0 Å². The molecule has 4 rings (SSSR count). The van der Waals surface area contributed by atoms with Crippen LogP contribution in [0.15, 0.2) is 85.3 Å². The first-order valence-corrected chi connectivity index (χ1v) is 6.78. The quantitative estimate of drug-likeness (QED) is 0.561. The Morgan fingerprint density at radius 1 is 0.667 bits per heavy atom. The summed E-state index contributed by atoms with van der Waals surface area (Å²) in [6.07, 6.45) is 5.38. The van der Waals surface area contributed by atoms with E-state index in [1.165, 1.54) is 5.39 Å². The van der Waals surface area contributed by atoms with Gasteiger partial charge in [-0.05, 0) is 12.1 Å². The van der Waals surface area contributed by atoms with Crippen LogP contribution < -0.4 is 0 Å². The normalized spacial score (nSPS) is 9.90. The molecule has 0 unspecified atom stereocenters. The maximum Gasteiger partial charge on any atom is 0.137 e. The first-order chi connectivity index (χ1) is 10.4. The molecule has 102 valence electrons. The number of hydrogen-bond donors (Lipinski definition) is 1. The Hall–Kier alpha value is -2.94. The van der Waals surface area contributed by atoms with Crippen LogP contribution in [-0.2, 0) is 0 Å². The number of pyridine rings is 1. The van der Waals surface area contributed by atoms with Gasteiger partial charge in [0.2, 0.25) is 0 Å². The predicted octanol–water partition coefficient (Wildman–Crippen LogP) is 4.31. The third-order valence-electron chi connectivity index (χ3n) is 3.06. The van der Waals surface area contributed by atoms with Crippen molar-refractivity contribution in [3.8, 4) is 11.4 Å². The van der Waals surface area contributed by atoms with Gasteiger partial charge in [0.25, 0.3) is 0 Å². The summed E-state index contributed by atoms with van der Waals surface area (Å²) in [5.41, 5.74) is 2.18. The highest BCUT2D eigenvalue weighted by molar-refractivity contribution is 5.77. The van der Waals surface area contributed by atoms with E-state index in [0.717, 1.165) is 16.9 Å². The zero-order valence-electron chi connectivity index (χ0n) is 11.5. The second-order valence-electron chi connectivity index (χ2n) is 4.50. The summed E-state index contributed by atoms with van der Waals surface area (Å²) in [7, 11) is 0. The van der Waals surface area contributed by atoms with E-state index in [0.29, 0.717) is 0 Å². The third-order valence-corrected chi connectivity index (χ3v) is 3.06. The fourth-order valence-corrected chi connectivity index (χ4v) is 2.04. The number of para-hydroxylation sites is 1. The van der Waals surface area contributed by atoms with Crippen LogP contribution in [0.25, 0.3) is 22.3 Å². The first-order valence-electron chi connectivity index (χ1n) is 6.78. The van der Waals surface area contributed by atoms with Crippen LogP contribution in [0.2, 0.25) is 0 Å². The lowest BCUT2D eigenvalue weighted by Gasteiger charge is -1.92. The molecule has 0 bridgehead atoms. The minimum Gasteiger partial charge on any atom is -0.345 e. The number of benzene rings is 2. The smallest absolute Gasteiger partial charge is 0.137 e. The maximum atomic E-state index is 4.18. The molecule has 0 fully saturated rings. The number of nitrogens with zero attached hydrogens (tertiary/aromatic N) is 2. The molecule has 0 spiro atoms. The fraction of sp³-hybridized carbons (Fsp3) is 0. The topological polar surface area (TPSA) is 41.6 Å². The molecule has 2 aromatic heterocycles. The van der Waals surface area contributed by atoms with Crippen molar-refractivity contribution in [3.05, 3.63) is 85.3 Å². The Labute approximate surface area is 123 Å². The number of aromatic nitrogens is 3. The average Bonchev–Trinajstić information content (AvgIpc) is 3.11. The zero-order chi connectivity index (χ0) is 14.3. The van der Waals surface area contributed by atoms with E-state index < -0.39 is 0 Å².